The second-order valence-electron chi connectivity index (χ2n) is 3.46. The fourth-order valence-electron chi connectivity index (χ4n) is 1.39. The van der Waals surface area contributed by atoms with E-state index in [9.17, 15) is 8.78 Å². The molecular weight excluding hydrogens is 296 g/mol. The molecule has 0 atom stereocenters. The minimum atomic E-state index is -2.38. The minimum Gasteiger partial charge on any atom is -0.380 e. The van der Waals surface area contributed by atoms with E-state index >= 15 is 0 Å². The molecule has 6 heteroatoms. The highest BCUT2D eigenvalue weighted by molar-refractivity contribution is 7.99. The highest BCUT2D eigenvalue weighted by atomic mass is 35.5. The molecular formula is C12H10ClF2NS2. The third kappa shape index (κ3) is 4.15. The van der Waals surface area contributed by atoms with E-state index in [1.807, 2.05) is 12.1 Å². The number of halogens is 3. The summed E-state index contributed by atoms with van der Waals surface area (Å²) in [6.07, 6.45) is 0. The van der Waals surface area contributed by atoms with Gasteiger partial charge in [0.1, 0.15) is 0 Å². The molecule has 0 amide bonds. The molecule has 0 aliphatic rings. The quantitative estimate of drug-likeness (QED) is 0.749. The van der Waals surface area contributed by atoms with Crippen molar-refractivity contribution in [3.8, 4) is 0 Å². The Bertz CT molecular complexity index is 499. The van der Waals surface area contributed by atoms with Crippen LogP contribution in [0.15, 0.2) is 41.3 Å². The second-order valence-corrected chi connectivity index (χ2v) is 6.33. The van der Waals surface area contributed by atoms with Gasteiger partial charge in [0.15, 0.2) is 0 Å². The van der Waals surface area contributed by atoms with Gasteiger partial charge in [0, 0.05) is 22.0 Å². The molecule has 1 heterocycles. The average Bonchev–Trinajstić information content (AvgIpc) is 2.74. The molecule has 0 aliphatic heterocycles. The first-order chi connectivity index (χ1) is 8.63. The molecule has 0 aliphatic carbocycles. The summed E-state index contributed by atoms with van der Waals surface area (Å²) in [6.45, 7) is 0.679. The Labute approximate surface area is 117 Å². The van der Waals surface area contributed by atoms with Gasteiger partial charge in [0.25, 0.3) is 5.76 Å². The van der Waals surface area contributed by atoms with Crippen LogP contribution in [0.1, 0.15) is 4.88 Å². The van der Waals surface area contributed by atoms with Crippen molar-refractivity contribution in [2.75, 3.05) is 5.32 Å². The van der Waals surface area contributed by atoms with Crippen LogP contribution in [0.25, 0.3) is 0 Å². The van der Waals surface area contributed by atoms with Crippen LogP contribution >= 0.6 is 34.7 Å². The summed E-state index contributed by atoms with van der Waals surface area (Å²) >= 11 is 7.89. The molecule has 2 aromatic rings. The van der Waals surface area contributed by atoms with Crippen LogP contribution in [0.3, 0.4) is 0 Å². The summed E-state index contributed by atoms with van der Waals surface area (Å²) < 4.78 is 25.0. The van der Waals surface area contributed by atoms with Gasteiger partial charge in [-0.1, -0.05) is 23.4 Å². The smallest absolute Gasteiger partial charge is 0.288 e. The van der Waals surface area contributed by atoms with Crippen LogP contribution in [0.5, 0.6) is 0 Å². The van der Waals surface area contributed by atoms with E-state index in [4.69, 9.17) is 11.6 Å². The van der Waals surface area contributed by atoms with E-state index in [2.05, 4.69) is 5.32 Å². The molecule has 1 nitrogen and oxygen atoms in total. The number of hydrogen-bond acceptors (Lipinski definition) is 3. The molecule has 0 fully saturated rings. The summed E-state index contributed by atoms with van der Waals surface area (Å²) in [7, 11) is 0. The fourth-order valence-corrected chi connectivity index (χ4v) is 2.92. The number of alkyl halides is 2. The van der Waals surface area contributed by atoms with Gasteiger partial charge in [-0.05, 0) is 36.4 Å². The van der Waals surface area contributed by atoms with Gasteiger partial charge in [-0.2, -0.15) is 8.78 Å². The molecule has 18 heavy (non-hydrogen) atoms. The van der Waals surface area contributed by atoms with Crippen LogP contribution in [0.4, 0.5) is 14.5 Å². The molecule has 96 valence electrons. The van der Waals surface area contributed by atoms with Gasteiger partial charge in [-0.3, -0.25) is 0 Å². The Balaban J connectivity index is 1.90. The SMILES string of the molecule is FC(F)Sc1ccc(NCc2ccc(Cl)s2)cc1. The third-order valence-electron chi connectivity index (χ3n) is 2.18. The predicted molar refractivity (Wildman–Crippen MR) is 75.0 cm³/mol. The van der Waals surface area contributed by atoms with Crippen molar-refractivity contribution >= 4 is 40.4 Å². The minimum absolute atomic E-state index is 0.548. The monoisotopic (exact) mass is 305 g/mol. The maximum absolute atomic E-state index is 12.1. The summed E-state index contributed by atoms with van der Waals surface area (Å²) in [5.41, 5.74) is 0.901. The number of thiophene rings is 1. The maximum atomic E-state index is 12.1. The summed E-state index contributed by atoms with van der Waals surface area (Å²) in [5.74, 6) is -2.38. The lowest BCUT2D eigenvalue weighted by molar-refractivity contribution is 0.252. The summed E-state index contributed by atoms with van der Waals surface area (Å²) in [5, 5.41) is 3.21. The van der Waals surface area contributed by atoms with E-state index in [1.165, 1.54) is 11.3 Å². The van der Waals surface area contributed by atoms with E-state index in [0.29, 0.717) is 23.2 Å². The molecule has 1 aromatic carbocycles. The molecule has 0 unspecified atom stereocenters. The standard InChI is InChI=1S/C12H10ClF2NS2/c13-11-6-5-10(17-11)7-16-8-1-3-9(4-2-8)18-12(14)15/h1-6,12,16H,7H2. The van der Waals surface area contributed by atoms with Crippen molar-refractivity contribution in [3.63, 3.8) is 0 Å². The van der Waals surface area contributed by atoms with Crippen LogP contribution in [-0.2, 0) is 6.54 Å². The van der Waals surface area contributed by atoms with Gasteiger partial charge in [-0.25, -0.2) is 0 Å². The van der Waals surface area contributed by atoms with E-state index < -0.39 is 5.76 Å². The zero-order chi connectivity index (χ0) is 13.0. The lowest BCUT2D eigenvalue weighted by Gasteiger charge is -2.06. The molecule has 0 radical (unpaired) electrons. The normalized spacial score (nSPS) is 10.9. The molecule has 1 N–H and O–H groups in total. The number of benzene rings is 1. The highest BCUT2D eigenvalue weighted by Crippen LogP contribution is 2.27. The fraction of sp³-hybridized carbons (Fsp3) is 0.167. The average molecular weight is 306 g/mol. The Morgan fingerprint density at radius 3 is 2.44 bits per heavy atom. The lowest BCUT2D eigenvalue weighted by Crippen LogP contribution is -1.96. The van der Waals surface area contributed by atoms with Crippen molar-refractivity contribution in [2.45, 2.75) is 17.2 Å². The molecule has 1 aromatic heterocycles. The summed E-state index contributed by atoms with van der Waals surface area (Å²) in [4.78, 5) is 1.70. The largest absolute Gasteiger partial charge is 0.380 e. The first-order valence-corrected chi connectivity index (χ1v) is 7.24. The molecule has 0 saturated heterocycles. The van der Waals surface area contributed by atoms with Crippen molar-refractivity contribution in [3.05, 3.63) is 45.6 Å². The van der Waals surface area contributed by atoms with Crippen LogP contribution in [0, 0.1) is 0 Å². The summed E-state index contributed by atoms with van der Waals surface area (Å²) in [6, 6.07) is 10.8. The molecule has 0 spiro atoms. The van der Waals surface area contributed by atoms with Gasteiger partial charge in [-0.15, -0.1) is 11.3 Å². The zero-order valence-electron chi connectivity index (χ0n) is 9.20. The van der Waals surface area contributed by atoms with Crippen molar-refractivity contribution in [2.24, 2.45) is 0 Å². The van der Waals surface area contributed by atoms with Gasteiger partial charge >= 0.3 is 0 Å². The maximum Gasteiger partial charge on any atom is 0.288 e. The predicted octanol–water partition coefficient (Wildman–Crippen LogP) is 5.33. The van der Waals surface area contributed by atoms with Crippen LogP contribution in [-0.4, -0.2) is 5.76 Å². The van der Waals surface area contributed by atoms with Gasteiger partial charge < -0.3 is 5.32 Å². The van der Waals surface area contributed by atoms with E-state index in [0.717, 1.165) is 14.9 Å². The number of anilines is 1. The number of hydrogen-bond donors (Lipinski definition) is 1. The third-order valence-corrected chi connectivity index (χ3v) is 4.13. The highest BCUT2D eigenvalue weighted by Gasteiger charge is 2.04. The topological polar surface area (TPSA) is 12.0 Å². The second kappa shape index (κ2) is 6.41. The van der Waals surface area contributed by atoms with Gasteiger partial charge in [0.2, 0.25) is 0 Å². The molecule has 0 saturated carbocycles. The van der Waals surface area contributed by atoms with Crippen molar-refractivity contribution in [1.82, 2.24) is 0 Å². The first-order valence-electron chi connectivity index (χ1n) is 5.16. The lowest BCUT2D eigenvalue weighted by atomic mass is 10.3. The zero-order valence-corrected chi connectivity index (χ0v) is 11.6. The Morgan fingerprint density at radius 2 is 1.89 bits per heavy atom. The molecule has 0 bridgehead atoms. The Morgan fingerprint density at radius 1 is 1.17 bits per heavy atom. The number of rotatable bonds is 5. The molecule has 2 rings (SSSR count). The van der Waals surface area contributed by atoms with Crippen LogP contribution in [0.2, 0.25) is 4.34 Å². The first kappa shape index (κ1) is 13.6. The van der Waals surface area contributed by atoms with Crippen molar-refractivity contribution in [1.29, 1.82) is 0 Å². The van der Waals surface area contributed by atoms with Gasteiger partial charge in [0.05, 0.1) is 4.34 Å². The van der Waals surface area contributed by atoms with Crippen LogP contribution < -0.4 is 5.32 Å². The van der Waals surface area contributed by atoms with E-state index in [-0.39, 0.29) is 0 Å². The Kier molecular flexibility index (Phi) is 4.86. The number of nitrogens with one attached hydrogen (secondary N) is 1. The Hall–Kier alpha value is -0.780. The van der Waals surface area contributed by atoms with Crippen molar-refractivity contribution < 1.29 is 8.78 Å². The van der Waals surface area contributed by atoms with E-state index in [1.54, 1.807) is 24.3 Å². The number of thioether (sulfide) groups is 1.